The van der Waals surface area contributed by atoms with E-state index in [0.717, 1.165) is 35.7 Å². The first-order valence-corrected chi connectivity index (χ1v) is 17.9. The Kier molecular flexibility index (Phi) is 6.65. The van der Waals surface area contributed by atoms with Gasteiger partial charge in [-0.1, -0.05) is 34.6 Å². The molecule has 9 atom stereocenters. The Hall–Kier alpha value is -0.713. The minimum atomic E-state index is -1.72. The Balaban J connectivity index is 1.32. The quantitative estimate of drug-likeness (QED) is 0.413. The molecule has 4 aliphatic rings. The number of nitrogens with zero attached hydrogens (tertiary/aromatic N) is 1. The highest BCUT2D eigenvalue weighted by atomic mass is 28.4. The number of hydrogen-bond acceptors (Lipinski definition) is 3. The largest absolute Gasteiger partial charge is 0.414 e. The van der Waals surface area contributed by atoms with Crippen LogP contribution in [0, 0.1) is 40.4 Å². The van der Waals surface area contributed by atoms with E-state index in [4.69, 9.17) is 4.43 Å². The zero-order valence-electron chi connectivity index (χ0n) is 24.4. The highest BCUT2D eigenvalue weighted by Crippen LogP contribution is 2.69. The lowest BCUT2D eigenvalue weighted by Gasteiger charge is -2.62. The van der Waals surface area contributed by atoms with Gasteiger partial charge in [0.2, 0.25) is 0 Å². The first-order chi connectivity index (χ1) is 16.7. The lowest BCUT2D eigenvalue weighted by atomic mass is 9.44. The summed E-state index contributed by atoms with van der Waals surface area (Å²) in [4.78, 5) is 4.20. The van der Waals surface area contributed by atoms with Gasteiger partial charge < -0.3 is 9.53 Å². The molecule has 4 heteroatoms. The van der Waals surface area contributed by atoms with Crippen LogP contribution in [0.15, 0.2) is 24.5 Å². The van der Waals surface area contributed by atoms with Gasteiger partial charge in [-0.05, 0) is 141 Å². The molecule has 5 rings (SSSR count). The lowest BCUT2D eigenvalue weighted by Crippen LogP contribution is -2.56. The predicted molar refractivity (Wildman–Crippen MR) is 151 cm³/mol. The van der Waals surface area contributed by atoms with Gasteiger partial charge in [-0.3, -0.25) is 4.98 Å². The third kappa shape index (κ3) is 4.16. The second-order valence-corrected chi connectivity index (χ2v) is 20.2. The molecule has 0 radical (unpaired) electrons. The molecular weight excluding hydrogens is 458 g/mol. The van der Waals surface area contributed by atoms with Crippen molar-refractivity contribution >= 4 is 8.32 Å². The van der Waals surface area contributed by atoms with E-state index in [1.54, 1.807) is 0 Å². The van der Waals surface area contributed by atoms with E-state index in [9.17, 15) is 5.11 Å². The molecule has 0 amide bonds. The van der Waals surface area contributed by atoms with Crippen molar-refractivity contribution in [1.82, 2.24) is 4.98 Å². The Morgan fingerprint density at radius 3 is 2.19 bits per heavy atom. The number of aromatic nitrogens is 1. The highest BCUT2D eigenvalue weighted by Gasteiger charge is 2.62. The SMILES string of the molecule is CC(O)(c1ccncc1)[C@H]1CC[C@H]2[C@@H]3CCC4C[C@@H](O[Si](C)(C)C(C)(C)C)CC[C@]4(C)[C@H]3CC[C@]12C. The van der Waals surface area contributed by atoms with E-state index in [-0.39, 0.29) is 10.5 Å². The number of fused-ring (bicyclic) bond motifs is 5. The van der Waals surface area contributed by atoms with Gasteiger partial charge in [0.15, 0.2) is 8.32 Å². The normalized spacial score (nSPS) is 42.7. The zero-order chi connectivity index (χ0) is 26.1. The number of aliphatic hydroxyl groups is 1. The van der Waals surface area contributed by atoms with Gasteiger partial charge in [0.1, 0.15) is 0 Å². The standard InChI is InChI=1S/C32H53NO2Si/c1-29(2,3)36(7,8)35-24-13-17-30(4)23(21-24)9-10-25-26-11-12-28(31(26,5)18-14-27(25)30)32(6,34)22-15-19-33-20-16-22/h15-16,19-20,23-28,34H,9-14,17-18,21H2,1-8H3/t23?,24-,25-,26-,27-,28-,30-,31-,32?/m0/s1. The zero-order valence-corrected chi connectivity index (χ0v) is 25.4. The summed E-state index contributed by atoms with van der Waals surface area (Å²) in [5.74, 6) is 3.60. The van der Waals surface area contributed by atoms with Gasteiger partial charge in [0, 0.05) is 18.5 Å². The molecule has 0 aromatic carbocycles. The van der Waals surface area contributed by atoms with E-state index >= 15 is 0 Å². The van der Waals surface area contributed by atoms with Crippen molar-refractivity contribution < 1.29 is 9.53 Å². The Labute approximate surface area is 222 Å². The summed E-state index contributed by atoms with van der Waals surface area (Å²) in [6, 6.07) is 4.05. The lowest BCUT2D eigenvalue weighted by molar-refractivity contribution is -0.144. The van der Waals surface area contributed by atoms with E-state index in [0.29, 0.717) is 17.4 Å². The summed E-state index contributed by atoms with van der Waals surface area (Å²) in [6.45, 7) is 19.3. The molecule has 1 N–H and O–H groups in total. The molecule has 0 saturated heterocycles. The van der Waals surface area contributed by atoms with Gasteiger partial charge >= 0.3 is 0 Å². The molecule has 1 heterocycles. The molecule has 202 valence electrons. The van der Waals surface area contributed by atoms with Crippen molar-refractivity contribution in [2.24, 2.45) is 40.4 Å². The van der Waals surface area contributed by atoms with Crippen LogP contribution < -0.4 is 0 Å². The second kappa shape index (κ2) is 8.91. The Bertz CT molecular complexity index is 939. The maximum Gasteiger partial charge on any atom is 0.192 e. The van der Waals surface area contributed by atoms with Crippen molar-refractivity contribution in [3.63, 3.8) is 0 Å². The van der Waals surface area contributed by atoms with Crippen molar-refractivity contribution in [3.8, 4) is 0 Å². The number of rotatable bonds is 4. The Morgan fingerprint density at radius 1 is 0.889 bits per heavy atom. The average Bonchev–Trinajstić information content (AvgIpc) is 3.17. The predicted octanol–water partition coefficient (Wildman–Crippen LogP) is 8.34. The van der Waals surface area contributed by atoms with Crippen LogP contribution >= 0.6 is 0 Å². The molecule has 3 nitrogen and oxygen atoms in total. The molecule has 0 spiro atoms. The first kappa shape index (κ1) is 26.9. The van der Waals surface area contributed by atoms with Gasteiger partial charge in [0.25, 0.3) is 0 Å². The van der Waals surface area contributed by atoms with Crippen LogP contribution in [0.4, 0.5) is 0 Å². The van der Waals surface area contributed by atoms with Gasteiger partial charge in [0.05, 0.1) is 5.60 Å². The Morgan fingerprint density at radius 2 is 1.53 bits per heavy atom. The molecule has 4 saturated carbocycles. The molecule has 1 aromatic rings. The summed E-state index contributed by atoms with van der Waals surface area (Å²) in [6.07, 6.45) is 15.9. The van der Waals surface area contributed by atoms with Crippen LogP contribution in [0.2, 0.25) is 18.1 Å². The third-order valence-electron chi connectivity index (χ3n) is 12.8. The third-order valence-corrected chi connectivity index (χ3v) is 17.4. The van der Waals surface area contributed by atoms with E-state index in [2.05, 4.69) is 59.6 Å². The molecule has 4 fully saturated rings. The van der Waals surface area contributed by atoms with Gasteiger partial charge in [-0.2, -0.15) is 0 Å². The van der Waals surface area contributed by atoms with Crippen LogP contribution in [-0.2, 0) is 10.0 Å². The number of pyridine rings is 1. The fraction of sp³-hybridized carbons (Fsp3) is 0.844. The summed E-state index contributed by atoms with van der Waals surface area (Å²) in [5, 5.41) is 12.2. The van der Waals surface area contributed by atoms with Gasteiger partial charge in [-0.15, -0.1) is 0 Å². The minimum Gasteiger partial charge on any atom is -0.414 e. The maximum atomic E-state index is 11.9. The van der Waals surface area contributed by atoms with E-state index in [1.165, 1.54) is 51.4 Å². The molecule has 36 heavy (non-hydrogen) atoms. The highest BCUT2D eigenvalue weighted by molar-refractivity contribution is 6.74. The maximum absolute atomic E-state index is 11.9. The molecule has 2 unspecified atom stereocenters. The van der Waals surface area contributed by atoms with Crippen LogP contribution in [0.25, 0.3) is 0 Å². The summed E-state index contributed by atoms with van der Waals surface area (Å²) in [5.41, 5.74) is 0.977. The fourth-order valence-corrected chi connectivity index (χ4v) is 11.1. The van der Waals surface area contributed by atoms with E-state index in [1.807, 2.05) is 24.5 Å². The molecule has 4 aliphatic carbocycles. The summed E-state index contributed by atoms with van der Waals surface area (Å²) >= 11 is 0. The molecular formula is C32H53NO2Si. The molecule has 0 aliphatic heterocycles. The van der Waals surface area contributed by atoms with Crippen molar-refractivity contribution in [1.29, 1.82) is 0 Å². The smallest absolute Gasteiger partial charge is 0.192 e. The number of hydrogen-bond donors (Lipinski definition) is 1. The molecule has 0 bridgehead atoms. The van der Waals surface area contributed by atoms with Crippen molar-refractivity contribution in [3.05, 3.63) is 30.1 Å². The van der Waals surface area contributed by atoms with Crippen LogP contribution in [0.1, 0.15) is 105 Å². The summed E-state index contributed by atoms with van der Waals surface area (Å²) < 4.78 is 6.96. The van der Waals surface area contributed by atoms with Crippen LogP contribution in [0.3, 0.4) is 0 Å². The van der Waals surface area contributed by atoms with Crippen molar-refractivity contribution in [2.45, 2.75) is 129 Å². The average molecular weight is 512 g/mol. The monoisotopic (exact) mass is 511 g/mol. The van der Waals surface area contributed by atoms with Gasteiger partial charge in [-0.25, -0.2) is 0 Å². The van der Waals surface area contributed by atoms with E-state index < -0.39 is 13.9 Å². The van der Waals surface area contributed by atoms with Crippen LogP contribution in [-0.4, -0.2) is 24.5 Å². The molecule has 1 aromatic heterocycles. The van der Waals surface area contributed by atoms with Crippen LogP contribution in [0.5, 0.6) is 0 Å². The minimum absolute atomic E-state index is 0.236. The van der Waals surface area contributed by atoms with Crippen molar-refractivity contribution in [2.75, 3.05) is 0 Å². The summed E-state index contributed by atoms with van der Waals surface area (Å²) in [7, 11) is -1.72. The fourth-order valence-electron chi connectivity index (χ4n) is 9.73. The topological polar surface area (TPSA) is 42.4 Å². The first-order valence-electron chi connectivity index (χ1n) is 15.0. The second-order valence-electron chi connectivity index (χ2n) is 15.5.